The maximum atomic E-state index is 13.4. The molecular weight excluding hydrogens is 514 g/mol. The number of piperazine rings is 1. The molecule has 39 heavy (non-hydrogen) atoms. The van der Waals surface area contributed by atoms with Gasteiger partial charge in [-0.1, -0.05) is 36.9 Å². The summed E-state index contributed by atoms with van der Waals surface area (Å²) in [6.45, 7) is 5.47. The fourth-order valence-electron chi connectivity index (χ4n) is 5.83. The van der Waals surface area contributed by atoms with E-state index in [1.165, 1.54) is 6.42 Å². The minimum atomic E-state index is -0.0316. The molecule has 2 aromatic carbocycles. The molecule has 208 valence electrons. The first kappa shape index (κ1) is 27.5. The van der Waals surface area contributed by atoms with Gasteiger partial charge in [0.25, 0.3) is 11.8 Å². The summed E-state index contributed by atoms with van der Waals surface area (Å²) >= 11 is 6.10. The van der Waals surface area contributed by atoms with Gasteiger partial charge in [0, 0.05) is 67.9 Å². The Balaban J connectivity index is 1.33. The lowest BCUT2D eigenvalue weighted by Crippen LogP contribution is -2.49. The zero-order chi connectivity index (χ0) is 27.2. The van der Waals surface area contributed by atoms with Gasteiger partial charge in [-0.05, 0) is 62.2 Å². The summed E-state index contributed by atoms with van der Waals surface area (Å²) in [6.07, 6.45) is 6.08. The Kier molecular flexibility index (Phi) is 9.04. The van der Waals surface area contributed by atoms with Gasteiger partial charge in [0.15, 0.2) is 0 Å². The second-order valence-corrected chi connectivity index (χ2v) is 11.2. The summed E-state index contributed by atoms with van der Waals surface area (Å²) in [5.74, 6) is 0.00954. The molecule has 2 saturated heterocycles. The number of anilines is 2. The molecule has 0 atom stereocenters. The molecule has 2 heterocycles. The van der Waals surface area contributed by atoms with E-state index in [-0.39, 0.29) is 23.6 Å². The van der Waals surface area contributed by atoms with E-state index in [4.69, 9.17) is 11.6 Å². The lowest BCUT2D eigenvalue weighted by molar-refractivity contribution is -0.120. The van der Waals surface area contributed by atoms with Crippen molar-refractivity contribution in [2.45, 2.75) is 38.5 Å². The Morgan fingerprint density at radius 2 is 1.49 bits per heavy atom. The van der Waals surface area contributed by atoms with Crippen molar-refractivity contribution < 1.29 is 14.4 Å². The van der Waals surface area contributed by atoms with Crippen molar-refractivity contribution >= 4 is 40.7 Å². The topological polar surface area (TPSA) is 85.0 Å². The second kappa shape index (κ2) is 12.8. The van der Waals surface area contributed by atoms with Gasteiger partial charge < -0.3 is 25.3 Å². The van der Waals surface area contributed by atoms with Crippen molar-refractivity contribution in [1.29, 1.82) is 0 Å². The van der Waals surface area contributed by atoms with Gasteiger partial charge in [-0.25, -0.2) is 0 Å². The number of benzene rings is 2. The highest BCUT2D eigenvalue weighted by atomic mass is 35.5. The van der Waals surface area contributed by atoms with Gasteiger partial charge in [-0.15, -0.1) is 0 Å². The standard InChI is InChI=1S/C30H38ClN5O3/c31-25-9-4-8-23(20-25)29(38)36-18-16-34(17-19-36)27-11-10-24(30(39)35-14-5-12-32-13-15-35)21-26(27)33-28(37)22-6-2-1-3-7-22/h4,8-11,20-22,32H,1-3,5-7,12-19H2,(H,33,37). The molecule has 0 radical (unpaired) electrons. The van der Waals surface area contributed by atoms with Gasteiger partial charge in [-0.2, -0.15) is 0 Å². The first-order chi connectivity index (χ1) is 19.0. The van der Waals surface area contributed by atoms with Crippen molar-refractivity contribution in [1.82, 2.24) is 15.1 Å². The fraction of sp³-hybridized carbons (Fsp3) is 0.500. The monoisotopic (exact) mass is 551 g/mol. The molecule has 5 rings (SSSR count). The minimum absolute atomic E-state index is 0.00430. The van der Waals surface area contributed by atoms with Gasteiger partial charge in [0.05, 0.1) is 11.4 Å². The minimum Gasteiger partial charge on any atom is -0.366 e. The maximum Gasteiger partial charge on any atom is 0.254 e. The van der Waals surface area contributed by atoms with E-state index in [2.05, 4.69) is 15.5 Å². The van der Waals surface area contributed by atoms with Gasteiger partial charge in [0.1, 0.15) is 0 Å². The van der Waals surface area contributed by atoms with Crippen LogP contribution in [0, 0.1) is 5.92 Å². The predicted octanol–water partition coefficient (Wildman–Crippen LogP) is 4.26. The number of hydrogen-bond acceptors (Lipinski definition) is 5. The van der Waals surface area contributed by atoms with E-state index in [0.717, 1.165) is 57.4 Å². The van der Waals surface area contributed by atoms with E-state index >= 15 is 0 Å². The normalized spacial score (nSPS) is 18.9. The van der Waals surface area contributed by atoms with Crippen LogP contribution in [-0.4, -0.2) is 79.9 Å². The average Bonchev–Trinajstić information content (AvgIpc) is 3.27. The number of carbonyl (C=O) groups is 3. The van der Waals surface area contributed by atoms with E-state index in [0.29, 0.717) is 54.6 Å². The van der Waals surface area contributed by atoms with Crippen LogP contribution in [0.1, 0.15) is 59.2 Å². The second-order valence-electron chi connectivity index (χ2n) is 10.7. The van der Waals surface area contributed by atoms with Crippen LogP contribution >= 0.6 is 11.6 Å². The van der Waals surface area contributed by atoms with E-state index in [9.17, 15) is 14.4 Å². The van der Waals surface area contributed by atoms with Crippen LogP contribution < -0.4 is 15.5 Å². The first-order valence-electron chi connectivity index (χ1n) is 14.2. The van der Waals surface area contributed by atoms with Crippen LogP contribution in [0.5, 0.6) is 0 Å². The molecule has 2 aliphatic heterocycles. The Morgan fingerprint density at radius 1 is 0.769 bits per heavy atom. The lowest BCUT2D eigenvalue weighted by Gasteiger charge is -2.37. The number of halogens is 1. The van der Waals surface area contributed by atoms with E-state index < -0.39 is 0 Å². The van der Waals surface area contributed by atoms with Crippen molar-refractivity contribution in [3.63, 3.8) is 0 Å². The molecule has 9 heteroatoms. The summed E-state index contributed by atoms with van der Waals surface area (Å²) in [4.78, 5) is 45.6. The largest absolute Gasteiger partial charge is 0.366 e. The third-order valence-electron chi connectivity index (χ3n) is 8.08. The molecule has 0 bridgehead atoms. The van der Waals surface area contributed by atoms with Crippen molar-refractivity contribution in [3.8, 4) is 0 Å². The van der Waals surface area contributed by atoms with Gasteiger partial charge in [-0.3, -0.25) is 14.4 Å². The number of nitrogens with one attached hydrogen (secondary N) is 2. The summed E-state index contributed by atoms with van der Waals surface area (Å²) in [7, 11) is 0. The Bertz CT molecular complexity index is 1180. The van der Waals surface area contributed by atoms with Gasteiger partial charge in [0.2, 0.25) is 5.91 Å². The van der Waals surface area contributed by atoms with E-state index in [1.807, 2.05) is 28.0 Å². The average molecular weight is 552 g/mol. The zero-order valence-electron chi connectivity index (χ0n) is 22.5. The molecule has 3 fully saturated rings. The third-order valence-corrected chi connectivity index (χ3v) is 8.32. The molecule has 3 aliphatic rings. The highest BCUT2D eigenvalue weighted by molar-refractivity contribution is 6.31. The maximum absolute atomic E-state index is 13.4. The molecule has 8 nitrogen and oxygen atoms in total. The highest BCUT2D eigenvalue weighted by Crippen LogP contribution is 2.32. The summed E-state index contributed by atoms with van der Waals surface area (Å²) in [5.41, 5.74) is 2.75. The number of carbonyl (C=O) groups excluding carboxylic acids is 3. The molecule has 0 unspecified atom stereocenters. The molecule has 0 aromatic heterocycles. The summed E-state index contributed by atoms with van der Waals surface area (Å²) < 4.78 is 0. The van der Waals surface area contributed by atoms with Crippen LogP contribution in [0.4, 0.5) is 11.4 Å². The van der Waals surface area contributed by atoms with Crippen molar-refractivity contribution in [2.75, 3.05) is 62.6 Å². The summed E-state index contributed by atoms with van der Waals surface area (Å²) in [5, 5.41) is 7.08. The van der Waals surface area contributed by atoms with E-state index in [1.54, 1.807) is 24.3 Å². The smallest absolute Gasteiger partial charge is 0.254 e. The Hall–Kier alpha value is -3.10. The van der Waals surface area contributed by atoms with Crippen molar-refractivity contribution in [2.24, 2.45) is 5.92 Å². The molecule has 3 amide bonds. The van der Waals surface area contributed by atoms with Crippen LogP contribution in [0.2, 0.25) is 5.02 Å². The first-order valence-corrected chi connectivity index (χ1v) is 14.6. The Labute approximate surface area is 235 Å². The third kappa shape index (κ3) is 6.73. The molecule has 2 aromatic rings. The molecule has 1 saturated carbocycles. The van der Waals surface area contributed by atoms with Gasteiger partial charge >= 0.3 is 0 Å². The number of hydrogen-bond donors (Lipinski definition) is 2. The molecule has 0 spiro atoms. The quantitative estimate of drug-likeness (QED) is 0.580. The zero-order valence-corrected chi connectivity index (χ0v) is 23.2. The molecule has 2 N–H and O–H groups in total. The predicted molar refractivity (Wildman–Crippen MR) is 155 cm³/mol. The number of rotatable bonds is 5. The van der Waals surface area contributed by atoms with Crippen LogP contribution in [0.3, 0.4) is 0 Å². The fourth-order valence-corrected chi connectivity index (χ4v) is 6.02. The number of amides is 3. The van der Waals surface area contributed by atoms with Crippen LogP contribution in [-0.2, 0) is 4.79 Å². The lowest BCUT2D eigenvalue weighted by atomic mass is 9.88. The number of nitrogens with zero attached hydrogens (tertiary/aromatic N) is 3. The van der Waals surface area contributed by atoms with Crippen LogP contribution in [0.15, 0.2) is 42.5 Å². The van der Waals surface area contributed by atoms with Crippen molar-refractivity contribution in [3.05, 3.63) is 58.6 Å². The molecular formula is C30H38ClN5O3. The SMILES string of the molecule is O=C(Nc1cc(C(=O)N2CCCNCC2)ccc1N1CCN(C(=O)c2cccc(Cl)c2)CC1)C1CCCCC1. The van der Waals surface area contributed by atoms with Crippen LogP contribution in [0.25, 0.3) is 0 Å². The molecule has 1 aliphatic carbocycles. The highest BCUT2D eigenvalue weighted by Gasteiger charge is 2.27. The summed E-state index contributed by atoms with van der Waals surface area (Å²) in [6, 6.07) is 12.7. The Morgan fingerprint density at radius 3 is 2.23 bits per heavy atom.